The van der Waals surface area contributed by atoms with Gasteiger partial charge in [0, 0.05) is 51.4 Å². The van der Waals surface area contributed by atoms with Gasteiger partial charge in [0.25, 0.3) is 0 Å². The SMILES string of the molecule is CCCNC(=O)N(CC(=O)N1CCCN(c2ccc(-c3cccc(OC)c3)nn2)CC1)C[C@@H]1CCCO1. The predicted molar refractivity (Wildman–Crippen MR) is 142 cm³/mol. The Kier molecular flexibility index (Phi) is 9.53. The van der Waals surface area contributed by atoms with E-state index in [1.807, 2.05) is 48.2 Å². The number of urea groups is 1. The summed E-state index contributed by atoms with van der Waals surface area (Å²) in [5.41, 5.74) is 1.73. The second-order valence-corrected chi connectivity index (χ2v) is 9.48. The van der Waals surface area contributed by atoms with Crippen molar-refractivity contribution in [3.05, 3.63) is 36.4 Å². The van der Waals surface area contributed by atoms with Crippen LogP contribution in [0.4, 0.5) is 10.6 Å². The quantitative estimate of drug-likeness (QED) is 0.554. The number of ether oxygens (including phenoxy) is 2. The number of hydrogen-bond donors (Lipinski definition) is 1. The minimum Gasteiger partial charge on any atom is -0.497 e. The maximum Gasteiger partial charge on any atom is 0.317 e. The van der Waals surface area contributed by atoms with Gasteiger partial charge in [0.1, 0.15) is 12.3 Å². The lowest BCUT2D eigenvalue weighted by molar-refractivity contribution is -0.131. The Labute approximate surface area is 218 Å². The van der Waals surface area contributed by atoms with Crippen LogP contribution in [0.1, 0.15) is 32.6 Å². The summed E-state index contributed by atoms with van der Waals surface area (Å²) in [6.45, 7) is 6.48. The summed E-state index contributed by atoms with van der Waals surface area (Å²) in [6, 6.07) is 11.5. The molecule has 1 aromatic heterocycles. The molecule has 4 rings (SSSR count). The first-order valence-electron chi connectivity index (χ1n) is 13.2. The lowest BCUT2D eigenvalue weighted by atomic mass is 10.1. The van der Waals surface area contributed by atoms with Crippen LogP contribution < -0.4 is 15.0 Å². The van der Waals surface area contributed by atoms with Crippen molar-refractivity contribution < 1.29 is 19.1 Å². The van der Waals surface area contributed by atoms with Crippen LogP contribution in [0.3, 0.4) is 0 Å². The van der Waals surface area contributed by atoms with E-state index >= 15 is 0 Å². The standard InChI is InChI=1S/C27H38N6O4/c1-3-12-28-27(35)33(19-23-9-5-17-37-23)20-26(34)32-14-6-13-31(15-16-32)25-11-10-24(29-30-25)21-7-4-8-22(18-21)36-2/h4,7-8,10-11,18,23H,3,5-6,9,12-17,19-20H2,1-2H3,(H,28,35)/t23-/m0/s1. The van der Waals surface area contributed by atoms with Crippen molar-refractivity contribution >= 4 is 17.8 Å². The average Bonchev–Trinajstić information content (AvgIpc) is 3.32. The van der Waals surface area contributed by atoms with Gasteiger partial charge in [-0.05, 0) is 49.9 Å². The van der Waals surface area contributed by atoms with Gasteiger partial charge in [-0.2, -0.15) is 0 Å². The topological polar surface area (TPSA) is 100 Å². The summed E-state index contributed by atoms with van der Waals surface area (Å²) in [7, 11) is 1.64. The number of methoxy groups -OCH3 is 1. The number of carbonyl (C=O) groups is 2. The average molecular weight is 511 g/mol. The van der Waals surface area contributed by atoms with E-state index in [1.165, 1.54) is 0 Å². The van der Waals surface area contributed by atoms with Gasteiger partial charge in [-0.15, -0.1) is 10.2 Å². The Hall–Kier alpha value is -3.40. The monoisotopic (exact) mass is 510 g/mol. The molecule has 2 aromatic rings. The molecule has 0 spiro atoms. The first-order chi connectivity index (χ1) is 18.1. The number of anilines is 1. The van der Waals surface area contributed by atoms with Crippen LogP contribution in [0.2, 0.25) is 0 Å². The lowest BCUT2D eigenvalue weighted by Gasteiger charge is -2.28. The minimum atomic E-state index is -0.200. The van der Waals surface area contributed by atoms with Crippen molar-refractivity contribution in [2.75, 3.05) is 64.4 Å². The number of nitrogens with one attached hydrogen (secondary N) is 1. The van der Waals surface area contributed by atoms with Crippen LogP contribution >= 0.6 is 0 Å². The third-order valence-corrected chi connectivity index (χ3v) is 6.78. The van der Waals surface area contributed by atoms with Crippen LogP contribution in [-0.2, 0) is 9.53 Å². The van der Waals surface area contributed by atoms with Crippen LogP contribution in [0, 0.1) is 0 Å². The van der Waals surface area contributed by atoms with Gasteiger partial charge < -0.3 is 29.5 Å². The molecule has 0 saturated carbocycles. The molecule has 37 heavy (non-hydrogen) atoms. The van der Waals surface area contributed by atoms with Gasteiger partial charge >= 0.3 is 6.03 Å². The third kappa shape index (κ3) is 7.31. The van der Waals surface area contributed by atoms with Crippen molar-refractivity contribution in [3.63, 3.8) is 0 Å². The van der Waals surface area contributed by atoms with Gasteiger partial charge in [0.2, 0.25) is 5.91 Å². The fraction of sp³-hybridized carbons (Fsp3) is 0.556. The van der Waals surface area contributed by atoms with Crippen molar-refractivity contribution in [2.24, 2.45) is 0 Å². The van der Waals surface area contributed by atoms with Crippen molar-refractivity contribution in [2.45, 2.75) is 38.7 Å². The summed E-state index contributed by atoms with van der Waals surface area (Å²) in [5.74, 6) is 1.53. The number of amides is 3. The Morgan fingerprint density at radius 1 is 1.14 bits per heavy atom. The largest absolute Gasteiger partial charge is 0.497 e. The van der Waals surface area contributed by atoms with E-state index in [-0.39, 0.29) is 24.6 Å². The van der Waals surface area contributed by atoms with E-state index in [2.05, 4.69) is 20.4 Å². The highest BCUT2D eigenvalue weighted by molar-refractivity contribution is 5.84. The molecular weight excluding hydrogens is 472 g/mol. The molecule has 0 unspecified atom stereocenters. The molecule has 1 N–H and O–H groups in total. The Morgan fingerprint density at radius 2 is 2.03 bits per heavy atom. The lowest BCUT2D eigenvalue weighted by Crippen LogP contribution is -2.49. The highest BCUT2D eigenvalue weighted by atomic mass is 16.5. The first-order valence-corrected chi connectivity index (χ1v) is 13.2. The number of hydrogen-bond acceptors (Lipinski definition) is 7. The van der Waals surface area contributed by atoms with Gasteiger partial charge in [-0.1, -0.05) is 19.1 Å². The van der Waals surface area contributed by atoms with Crippen LogP contribution in [0.5, 0.6) is 5.75 Å². The normalized spacial score (nSPS) is 17.8. The second-order valence-electron chi connectivity index (χ2n) is 9.48. The summed E-state index contributed by atoms with van der Waals surface area (Å²) in [6.07, 6.45) is 3.58. The molecule has 10 heteroatoms. The number of rotatable bonds is 9. The van der Waals surface area contributed by atoms with E-state index in [0.29, 0.717) is 39.3 Å². The fourth-order valence-electron chi connectivity index (χ4n) is 4.69. The number of aromatic nitrogens is 2. The molecule has 1 aromatic carbocycles. The Balaban J connectivity index is 1.34. The smallest absolute Gasteiger partial charge is 0.317 e. The zero-order chi connectivity index (χ0) is 26.0. The zero-order valence-corrected chi connectivity index (χ0v) is 21.9. The first kappa shape index (κ1) is 26.7. The van der Waals surface area contributed by atoms with E-state index < -0.39 is 0 Å². The van der Waals surface area contributed by atoms with Crippen LogP contribution in [-0.4, -0.2) is 97.6 Å². The van der Waals surface area contributed by atoms with E-state index in [1.54, 1.807) is 12.0 Å². The minimum absolute atomic E-state index is 0.00155. The molecule has 2 aliphatic rings. The maximum absolute atomic E-state index is 13.2. The summed E-state index contributed by atoms with van der Waals surface area (Å²) in [4.78, 5) is 31.6. The molecular formula is C27H38N6O4. The maximum atomic E-state index is 13.2. The van der Waals surface area contributed by atoms with Crippen LogP contribution in [0.25, 0.3) is 11.3 Å². The molecule has 2 aliphatic heterocycles. The van der Waals surface area contributed by atoms with E-state index in [4.69, 9.17) is 9.47 Å². The number of carbonyl (C=O) groups excluding carboxylic acids is 2. The Bertz CT molecular complexity index is 1030. The van der Waals surface area contributed by atoms with Crippen molar-refractivity contribution in [1.82, 2.24) is 25.3 Å². The molecule has 3 amide bonds. The summed E-state index contributed by atoms with van der Waals surface area (Å²) in [5, 5.41) is 11.8. The van der Waals surface area contributed by atoms with E-state index in [9.17, 15) is 9.59 Å². The van der Waals surface area contributed by atoms with Gasteiger partial charge in [0.15, 0.2) is 5.82 Å². The molecule has 10 nitrogen and oxygen atoms in total. The zero-order valence-electron chi connectivity index (χ0n) is 21.9. The molecule has 1 atom stereocenters. The highest BCUT2D eigenvalue weighted by Crippen LogP contribution is 2.23. The summed E-state index contributed by atoms with van der Waals surface area (Å²) >= 11 is 0. The number of nitrogens with zero attached hydrogens (tertiary/aromatic N) is 5. The molecule has 0 aliphatic carbocycles. The third-order valence-electron chi connectivity index (χ3n) is 6.78. The molecule has 0 radical (unpaired) electrons. The highest BCUT2D eigenvalue weighted by Gasteiger charge is 2.27. The van der Waals surface area contributed by atoms with Gasteiger partial charge in [0.05, 0.1) is 18.9 Å². The van der Waals surface area contributed by atoms with Crippen molar-refractivity contribution in [1.29, 1.82) is 0 Å². The fourth-order valence-corrected chi connectivity index (χ4v) is 4.69. The Morgan fingerprint density at radius 3 is 2.76 bits per heavy atom. The van der Waals surface area contributed by atoms with Crippen LogP contribution in [0.15, 0.2) is 36.4 Å². The molecule has 2 saturated heterocycles. The van der Waals surface area contributed by atoms with Gasteiger partial charge in [-0.3, -0.25) is 4.79 Å². The second kappa shape index (κ2) is 13.2. The van der Waals surface area contributed by atoms with Crippen molar-refractivity contribution in [3.8, 4) is 17.0 Å². The number of benzene rings is 1. The molecule has 0 bridgehead atoms. The molecule has 3 heterocycles. The van der Waals surface area contributed by atoms with E-state index in [0.717, 1.165) is 55.1 Å². The predicted octanol–water partition coefficient (Wildman–Crippen LogP) is 2.79. The molecule has 200 valence electrons. The van der Waals surface area contributed by atoms with Gasteiger partial charge in [-0.25, -0.2) is 4.79 Å². The summed E-state index contributed by atoms with van der Waals surface area (Å²) < 4.78 is 11.0. The molecule has 2 fully saturated rings.